The average Bonchev–Trinajstić information content (AvgIpc) is 2.08. The molecule has 5 nitrogen and oxygen atoms in total. The molecule has 0 aliphatic carbocycles. The molecule has 0 aliphatic heterocycles. The fourth-order valence-corrected chi connectivity index (χ4v) is 2.23. The minimum atomic E-state index is -3.77. The molecule has 0 saturated heterocycles. The minimum Gasteiger partial charge on any atom is -0.399 e. The van der Waals surface area contributed by atoms with Crippen molar-refractivity contribution in [2.45, 2.75) is 19.9 Å². The van der Waals surface area contributed by atoms with Crippen LogP contribution < -0.4 is 15.2 Å². The van der Waals surface area contributed by atoms with Gasteiger partial charge in [0.15, 0.2) is 0 Å². The summed E-state index contributed by atoms with van der Waals surface area (Å²) in [6.07, 6.45) is 0. The van der Waals surface area contributed by atoms with Crippen molar-refractivity contribution in [1.29, 1.82) is 0 Å². The molecule has 0 heterocycles. The van der Waals surface area contributed by atoms with Crippen LogP contribution in [0.5, 0.6) is 0 Å². The summed E-state index contributed by atoms with van der Waals surface area (Å²) >= 11 is 0. The van der Waals surface area contributed by atoms with Gasteiger partial charge in [-0.3, -0.25) is 4.72 Å². The van der Waals surface area contributed by atoms with Crippen molar-refractivity contribution in [1.82, 2.24) is 4.72 Å². The number of nitrogen functional groups attached to an aromatic ring is 1. The lowest BCUT2D eigenvalue weighted by atomic mass is 10.3. The Morgan fingerprint density at radius 3 is 2.56 bits per heavy atom. The van der Waals surface area contributed by atoms with E-state index in [4.69, 9.17) is 5.73 Å². The van der Waals surface area contributed by atoms with Gasteiger partial charge in [0.25, 0.3) is 10.2 Å². The van der Waals surface area contributed by atoms with Crippen LogP contribution in [-0.4, -0.2) is 14.5 Å². The van der Waals surface area contributed by atoms with Gasteiger partial charge in [-0.15, -0.1) is 0 Å². The Morgan fingerprint density at radius 1 is 1.38 bits per heavy atom. The third-order valence-electron chi connectivity index (χ3n) is 1.63. The molecule has 0 aromatic heterocycles. The van der Waals surface area contributed by atoms with Gasteiger partial charge in [0.05, 0.1) is 5.69 Å². The second-order valence-corrected chi connectivity index (χ2v) is 5.06. The second-order valence-electron chi connectivity index (χ2n) is 3.62. The molecule has 90 valence electrons. The Kier molecular flexibility index (Phi) is 3.71. The van der Waals surface area contributed by atoms with Gasteiger partial charge < -0.3 is 5.73 Å². The molecule has 1 rings (SSSR count). The summed E-state index contributed by atoms with van der Waals surface area (Å²) in [6, 6.07) is 3.39. The van der Waals surface area contributed by atoms with Crippen LogP contribution >= 0.6 is 0 Å². The number of benzene rings is 1. The number of nitrogens with two attached hydrogens (primary N) is 1. The van der Waals surface area contributed by atoms with Crippen molar-refractivity contribution < 1.29 is 12.8 Å². The van der Waals surface area contributed by atoms with Crippen LogP contribution in [0.4, 0.5) is 15.8 Å². The first-order valence-corrected chi connectivity index (χ1v) is 6.13. The standard InChI is InChI=1S/C9H14FN3O2S/c1-6(2)12-16(14,15)13-9-5-7(11)3-4-8(9)10/h3-6,12-13H,11H2,1-2H3. The Bertz CT molecular complexity index is 474. The molecule has 0 unspecified atom stereocenters. The number of nitrogens with one attached hydrogen (secondary N) is 2. The Morgan fingerprint density at radius 2 is 2.00 bits per heavy atom. The van der Waals surface area contributed by atoms with E-state index in [9.17, 15) is 12.8 Å². The molecule has 4 N–H and O–H groups in total. The predicted molar refractivity (Wildman–Crippen MR) is 61.6 cm³/mol. The van der Waals surface area contributed by atoms with Crippen LogP contribution in [0.1, 0.15) is 13.8 Å². The minimum absolute atomic E-state index is 0.173. The summed E-state index contributed by atoms with van der Waals surface area (Å²) in [4.78, 5) is 0. The highest BCUT2D eigenvalue weighted by atomic mass is 32.2. The van der Waals surface area contributed by atoms with Crippen LogP contribution in [0.3, 0.4) is 0 Å². The zero-order chi connectivity index (χ0) is 12.3. The zero-order valence-electron chi connectivity index (χ0n) is 8.99. The normalized spacial score (nSPS) is 11.8. The van der Waals surface area contributed by atoms with E-state index in [1.54, 1.807) is 13.8 Å². The van der Waals surface area contributed by atoms with E-state index < -0.39 is 16.0 Å². The smallest absolute Gasteiger partial charge is 0.299 e. The lowest BCUT2D eigenvalue weighted by Gasteiger charge is -2.12. The van der Waals surface area contributed by atoms with Gasteiger partial charge in [0, 0.05) is 11.7 Å². The molecular formula is C9H14FN3O2S. The van der Waals surface area contributed by atoms with Gasteiger partial charge in [0.2, 0.25) is 0 Å². The maximum atomic E-state index is 13.2. The number of anilines is 2. The van der Waals surface area contributed by atoms with Crippen molar-refractivity contribution in [3.63, 3.8) is 0 Å². The van der Waals surface area contributed by atoms with E-state index in [-0.39, 0.29) is 17.4 Å². The molecule has 0 radical (unpaired) electrons. The molecule has 16 heavy (non-hydrogen) atoms. The maximum absolute atomic E-state index is 13.2. The van der Waals surface area contributed by atoms with E-state index in [1.807, 2.05) is 0 Å². The maximum Gasteiger partial charge on any atom is 0.299 e. The largest absolute Gasteiger partial charge is 0.399 e. The number of hydrogen-bond acceptors (Lipinski definition) is 3. The summed E-state index contributed by atoms with van der Waals surface area (Å²) < 4.78 is 40.4. The highest BCUT2D eigenvalue weighted by molar-refractivity contribution is 7.90. The van der Waals surface area contributed by atoms with Crippen molar-refractivity contribution in [3.8, 4) is 0 Å². The third kappa shape index (κ3) is 3.67. The first-order chi connectivity index (χ1) is 7.30. The van der Waals surface area contributed by atoms with E-state index in [2.05, 4.69) is 9.44 Å². The fourth-order valence-electron chi connectivity index (χ4n) is 1.11. The van der Waals surface area contributed by atoms with Gasteiger partial charge in [-0.1, -0.05) is 0 Å². The van der Waals surface area contributed by atoms with Crippen molar-refractivity contribution in [2.75, 3.05) is 10.5 Å². The van der Waals surface area contributed by atoms with Crippen LogP contribution in [-0.2, 0) is 10.2 Å². The molecule has 0 amide bonds. The first kappa shape index (κ1) is 12.7. The lowest BCUT2D eigenvalue weighted by molar-refractivity contribution is 0.574. The highest BCUT2D eigenvalue weighted by Crippen LogP contribution is 2.18. The van der Waals surface area contributed by atoms with Gasteiger partial charge >= 0.3 is 0 Å². The van der Waals surface area contributed by atoms with Gasteiger partial charge in [-0.2, -0.15) is 13.1 Å². The van der Waals surface area contributed by atoms with Crippen LogP contribution in [0.25, 0.3) is 0 Å². The monoisotopic (exact) mass is 247 g/mol. The molecule has 0 aliphatic rings. The average molecular weight is 247 g/mol. The van der Waals surface area contributed by atoms with Gasteiger partial charge in [-0.05, 0) is 32.0 Å². The zero-order valence-corrected chi connectivity index (χ0v) is 9.81. The van der Waals surface area contributed by atoms with Gasteiger partial charge in [-0.25, -0.2) is 4.39 Å². The van der Waals surface area contributed by atoms with E-state index in [0.29, 0.717) is 0 Å². The fraction of sp³-hybridized carbons (Fsp3) is 0.333. The number of hydrogen-bond donors (Lipinski definition) is 3. The highest BCUT2D eigenvalue weighted by Gasteiger charge is 2.13. The molecule has 0 saturated carbocycles. The summed E-state index contributed by atoms with van der Waals surface area (Å²) in [6.45, 7) is 3.32. The SMILES string of the molecule is CC(C)NS(=O)(=O)Nc1cc(N)ccc1F. The van der Waals surface area contributed by atoms with E-state index in [1.165, 1.54) is 12.1 Å². The molecule has 0 atom stereocenters. The van der Waals surface area contributed by atoms with Crippen molar-refractivity contribution in [3.05, 3.63) is 24.0 Å². The Hall–Kier alpha value is -1.34. The molecular weight excluding hydrogens is 233 g/mol. The summed E-state index contributed by atoms with van der Waals surface area (Å²) in [5.74, 6) is -0.677. The first-order valence-electron chi connectivity index (χ1n) is 4.65. The summed E-state index contributed by atoms with van der Waals surface area (Å²) in [5.41, 5.74) is 5.53. The molecule has 1 aromatic carbocycles. The lowest BCUT2D eigenvalue weighted by Crippen LogP contribution is -2.35. The van der Waals surface area contributed by atoms with Crippen LogP contribution in [0.2, 0.25) is 0 Å². The predicted octanol–water partition coefficient (Wildman–Crippen LogP) is 1.06. The molecule has 0 spiro atoms. The van der Waals surface area contributed by atoms with Crippen molar-refractivity contribution >= 4 is 21.6 Å². The number of halogens is 1. The number of rotatable bonds is 4. The molecule has 7 heteroatoms. The molecule has 0 fully saturated rings. The van der Waals surface area contributed by atoms with E-state index in [0.717, 1.165) is 6.07 Å². The van der Waals surface area contributed by atoms with Crippen molar-refractivity contribution in [2.24, 2.45) is 0 Å². The molecule has 0 bridgehead atoms. The van der Waals surface area contributed by atoms with Crippen LogP contribution in [0.15, 0.2) is 18.2 Å². The summed E-state index contributed by atoms with van der Waals surface area (Å²) in [5, 5.41) is 0. The third-order valence-corrected chi connectivity index (χ3v) is 2.90. The summed E-state index contributed by atoms with van der Waals surface area (Å²) in [7, 11) is -3.77. The Labute approximate surface area is 94.0 Å². The molecule has 1 aromatic rings. The van der Waals surface area contributed by atoms with E-state index >= 15 is 0 Å². The quantitative estimate of drug-likeness (QED) is 0.696. The second kappa shape index (κ2) is 4.67. The van der Waals surface area contributed by atoms with Crippen LogP contribution in [0, 0.1) is 5.82 Å². The topological polar surface area (TPSA) is 84.2 Å². The van der Waals surface area contributed by atoms with Gasteiger partial charge in [0.1, 0.15) is 5.82 Å². The Balaban J connectivity index is 2.92.